The number of hydrogen-bond donors (Lipinski definition) is 1. The number of carbonyl (C=O) groups excluding carboxylic acids is 2. The van der Waals surface area contributed by atoms with Crippen molar-refractivity contribution < 1.29 is 37.3 Å². The molecule has 0 radical (unpaired) electrons. The third kappa shape index (κ3) is 58.4. The lowest BCUT2D eigenvalue weighted by Crippen LogP contribution is -2.47. The summed E-state index contributed by atoms with van der Waals surface area (Å²) in [6.45, 7) is 6.53. The van der Waals surface area contributed by atoms with Crippen molar-refractivity contribution in [1.82, 2.24) is 5.32 Å². The molecular weight excluding hydrogens is 1000 g/mol. The van der Waals surface area contributed by atoms with E-state index in [1.54, 1.807) is 6.08 Å². The molecule has 0 rings (SSSR count). The number of phosphoric ester groups is 1. The first-order valence-electron chi connectivity index (χ1n) is 31.1. The first-order valence-corrected chi connectivity index (χ1v) is 32.6. The molecule has 0 fully saturated rings. The Bertz CT molecular complexity index is 1860. The van der Waals surface area contributed by atoms with Gasteiger partial charge in [0.1, 0.15) is 19.3 Å². The summed E-state index contributed by atoms with van der Waals surface area (Å²) in [5, 5.41) is 3.00. The number of esters is 1. The summed E-state index contributed by atoms with van der Waals surface area (Å²) in [6, 6.07) is -0.941. The van der Waals surface area contributed by atoms with E-state index < -0.39 is 32.5 Å². The third-order valence-corrected chi connectivity index (χ3v) is 13.7. The molecule has 0 aromatic heterocycles. The molecule has 1 N–H and O–H groups in total. The molecule has 0 bridgehead atoms. The van der Waals surface area contributed by atoms with E-state index in [1.165, 1.54) is 57.8 Å². The van der Waals surface area contributed by atoms with E-state index in [2.05, 4.69) is 148 Å². The van der Waals surface area contributed by atoms with Crippen molar-refractivity contribution in [1.29, 1.82) is 0 Å². The van der Waals surface area contributed by atoms with Gasteiger partial charge in [0.15, 0.2) is 0 Å². The van der Waals surface area contributed by atoms with Gasteiger partial charge in [0.2, 0.25) is 5.91 Å². The van der Waals surface area contributed by atoms with Crippen LogP contribution in [0.4, 0.5) is 0 Å². The molecular formula is C69H115N2O7P. The van der Waals surface area contributed by atoms with Crippen molar-refractivity contribution in [2.24, 2.45) is 0 Å². The van der Waals surface area contributed by atoms with Gasteiger partial charge in [0, 0.05) is 12.8 Å². The highest BCUT2D eigenvalue weighted by Crippen LogP contribution is 2.38. The van der Waals surface area contributed by atoms with Crippen molar-refractivity contribution >= 4 is 19.7 Å². The molecule has 1 amide bonds. The molecule has 10 heteroatoms. The number of hydrogen-bond acceptors (Lipinski definition) is 7. The number of allylic oxidation sites excluding steroid dienone is 23. The van der Waals surface area contributed by atoms with Gasteiger partial charge in [-0.15, -0.1) is 0 Å². The predicted octanol–water partition coefficient (Wildman–Crippen LogP) is 18.8. The number of rotatable bonds is 54. The zero-order valence-electron chi connectivity index (χ0n) is 51.0. The van der Waals surface area contributed by atoms with Crippen LogP contribution in [-0.2, 0) is 27.9 Å². The molecule has 0 aromatic carbocycles. The molecule has 448 valence electrons. The minimum atomic E-state index is -4.73. The van der Waals surface area contributed by atoms with Crippen LogP contribution >= 0.6 is 7.82 Å². The predicted molar refractivity (Wildman–Crippen MR) is 339 cm³/mol. The van der Waals surface area contributed by atoms with E-state index in [9.17, 15) is 19.0 Å². The highest BCUT2D eigenvalue weighted by atomic mass is 31.2. The van der Waals surface area contributed by atoms with Crippen LogP contribution in [0.2, 0.25) is 0 Å². The monoisotopic (exact) mass is 1110 g/mol. The number of ether oxygens (including phenoxy) is 1. The second kappa shape index (κ2) is 57.1. The number of nitrogens with zero attached hydrogens (tertiary/aromatic N) is 1. The lowest BCUT2D eigenvalue weighted by molar-refractivity contribution is -0.870. The molecule has 0 aliphatic heterocycles. The fraction of sp³-hybridized carbons (Fsp3) is 0.623. The lowest BCUT2D eigenvalue weighted by atomic mass is 10.0. The first kappa shape index (κ1) is 74.9. The standard InChI is InChI=1S/C69H115N2O7P/c1-7-10-13-16-19-22-25-28-30-32-34-35-37-38-40-43-46-49-52-55-58-61-68(72)70-66(65-77-79(74,75)76-64-63-71(4,5)6)67(60-57-54-51-48-45-42-27-24-21-18-15-12-9-3)78-69(73)62-59-56-53-50-47-44-41-39-36-33-31-29-26-23-20-17-14-11-8-2/h10-11,13-14,19-20,22-23,28-31,34-36,38-40,44,47,53,56-57,60,66-67H,7-9,12,15-18,21,24-27,32-33,37,41-43,45-46,48-52,54-55,58-59,61-65H2,1-6H3,(H-,70,72,74,75)/b13-10-,14-11-,22-19-,23-20-,30-28-,31-29-,35-34-,39-36-,40-38-,47-44-,56-53-,60-57+. The maximum absolute atomic E-state index is 13.5. The van der Waals surface area contributed by atoms with Crippen LogP contribution in [-0.4, -0.2) is 69.4 Å². The molecule has 0 heterocycles. The Morgan fingerprint density at radius 1 is 0.456 bits per heavy atom. The van der Waals surface area contributed by atoms with Crippen LogP contribution in [0, 0.1) is 0 Å². The second-order valence-corrected chi connectivity index (χ2v) is 22.9. The summed E-state index contributed by atoms with van der Waals surface area (Å²) in [5.41, 5.74) is 0. The molecule has 0 saturated heterocycles. The Morgan fingerprint density at radius 3 is 1.24 bits per heavy atom. The Labute approximate surface area is 485 Å². The van der Waals surface area contributed by atoms with E-state index in [4.69, 9.17) is 13.8 Å². The first-order chi connectivity index (χ1) is 38.4. The zero-order valence-corrected chi connectivity index (χ0v) is 51.9. The molecule has 0 saturated carbocycles. The van der Waals surface area contributed by atoms with E-state index >= 15 is 0 Å². The Kier molecular flexibility index (Phi) is 54.2. The minimum absolute atomic E-state index is 0.0461. The van der Waals surface area contributed by atoms with E-state index in [-0.39, 0.29) is 25.4 Å². The number of phosphoric acid groups is 1. The Morgan fingerprint density at radius 2 is 0.823 bits per heavy atom. The summed E-state index contributed by atoms with van der Waals surface area (Å²) in [5.74, 6) is -0.672. The molecule has 79 heavy (non-hydrogen) atoms. The van der Waals surface area contributed by atoms with Crippen LogP contribution in [0.25, 0.3) is 0 Å². The van der Waals surface area contributed by atoms with Gasteiger partial charge in [-0.1, -0.05) is 244 Å². The highest BCUT2D eigenvalue weighted by Gasteiger charge is 2.27. The summed E-state index contributed by atoms with van der Waals surface area (Å²) >= 11 is 0. The van der Waals surface area contributed by atoms with Gasteiger partial charge < -0.3 is 28.5 Å². The smallest absolute Gasteiger partial charge is 0.306 e. The summed E-state index contributed by atoms with van der Waals surface area (Å²) in [7, 11) is 1.11. The highest BCUT2D eigenvalue weighted by molar-refractivity contribution is 7.45. The minimum Gasteiger partial charge on any atom is -0.756 e. The molecule has 0 aliphatic carbocycles. The Balaban J connectivity index is 5.45. The van der Waals surface area contributed by atoms with Crippen molar-refractivity contribution in [3.63, 3.8) is 0 Å². The number of amides is 1. The summed E-state index contributed by atoms with van der Waals surface area (Å²) in [6.07, 6.45) is 82.6. The van der Waals surface area contributed by atoms with Crippen LogP contribution in [0.15, 0.2) is 146 Å². The van der Waals surface area contributed by atoms with E-state index in [0.717, 1.165) is 122 Å². The molecule has 0 aromatic rings. The maximum Gasteiger partial charge on any atom is 0.306 e. The summed E-state index contributed by atoms with van der Waals surface area (Å²) < 4.78 is 30.2. The maximum atomic E-state index is 13.5. The average molecular weight is 1120 g/mol. The van der Waals surface area contributed by atoms with Crippen LogP contribution < -0.4 is 10.2 Å². The van der Waals surface area contributed by atoms with Crippen molar-refractivity contribution in [3.05, 3.63) is 146 Å². The van der Waals surface area contributed by atoms with Gasteiger partial charge in [0.05, 0.1) is 33.8 Å². The van der Waals surface area contributed by atoms with E-state index in [1.807, 2.05) is 39.4 Å². The SMILES string of the molecule is CC/C=C\C/C=C\C/C=C\C/C=C\C/C=C\C/C=C\CCC(=O)OC(/C=C/CCCCCCCCCCCCC)C(COP(=O)([O-])OCC[N+](C)(C)C)NC(=O)CCCCCCC/C=C\C/C=C\C/C=C\C/C=C\C/C=C\CC. The Hall–Kier alpha value is -4.11. The fourth-order valence-corrected chi connectivity index (χ4v) is 8.77. The van der Waals surface area contributed by atoms with Crippen LogP contribution in [0.1, 0.15) is 226 Å². The average Bonchev–Trinajstić information content (AvgIpc) is 3.41. The number of unbranched alkanes of at least 4 members (excludes halogenated alkanes) is 16. The second-order valence-electron chi connectivity index (χ2n) is 21.4. The summed E-state index contributed by atoms with van der Waals surface area (Å²) in [4.78, 5) is 40.0. The molecule has 3 unspecified atom stereocenters. The van der Waals surface area contributed by atoms with Crippen LogP contribution in [0.3, 0.4) is 0 Å². The molecule has 3 atom stereocenters. The molecule has 0 aliphatic rings. The van der Waals surface area contributed by atoms with Gasteiger partial charge in [-0.25, -0.2) is 0 Å². The largest absolute Gasteiger partial charge is 0.756 e. The van der Waals surface area contributed by atoms with Crippen molar-refractivity contribution in [3.8, 4) is 0 Å². The lowest BCUT2D eigenvalue weighted by Gasteiger charge is -2.30. The van der Waals surface area contributed by atoms with E-state index in [0.29, 0.717) is 23.9 Å². The topological polar surface area (TPSA) is 114 Å². The van der Waals surface area contributed by atoms with Crippen molar-refractivity contribution in [2.45, 2.75) is 238 Å². The van der Waals surface area contributed by atoms with Gasteiger partial charge in [0.25, 0.3) is 7.82 Å². The third-order valence-electron chi connectivity index (χ3n) is 12.8. The van der Waals surface area contributed by atoms with Gasteiger partial charge in [-0.2, -0.15) is 0 Å². The molecule has 0 spiro atoms. The van der Waals surface area contributed by atoms with Gasteiger partial charge in [-0.05, 0) is 115 Å². The molecule has 9 nitrogen and oxygen atoms in total. The zero-order chi connectivity index (χ0) is 57.9. The number of nitrogens with one attached hydrogen (secondary N) is 1. The fourth-order valence-electron chi connectivity index (χ4n) is 8.04. The number of quaternary nitrogens is 1. The number of carbonyl (C=O) groups is 2. The van der Waals surface area contributed by atoms with Crippen molar-refractivity contribution in [2.75, 3.05) is 40.9 Å². The van der Waals surface area contributed by atoms with Gasteiger partial charge in [-0.3, -0.25) is 14.2 Å². The van der Waals surface area contributed by atoms with Gasteiger partial charge >= 0.3 is 5.97 Å². The normalized spacial score (nSPS) is 14.7. The van der Waals surface area contributed by atoms with Crippen LogP contribution in [0.5, 0.6) is 0 Å². The quantitative estimate of drug-likeness (QED) is 0.0212. The number of likely N-dealkylation sites (N-methyl/N-ethyl adjacent to an activating group) is 1.